The molecule has 7 nitrogen and oxygen atoms in total. The number of carbonyl (C=O) groups is 2. The Morgan fingerprint density at radius 1 is 1.09 bits per heavy atom. The molecule has 0 bridgehead atoms. The van der Waals surface area contributed by atoms with Gasteiger partial charge in [-0.25, -0.2) is 0 Å². The minimum absolute atomic E-state index is 0.0492. The number of hydrogen-bond acceptors (Lipinski definition) is 5. The fourth-order valence-corrected chi connectivity index (χ4v) is 5.10. The molecule has 34 heavy (non-hydrogen) atoms. The van der Waals surface area contributed by atoms with Crippen LogP contribution in [-0.2, 0) is 21.9 Å². The van der Waals surface area contributed by atoms with E-state index in [4.69, 9.17) is 0 Å². The first kappa shape index (κ1) is 25.7. The van der Waals surface area contributed by atoms with Crippen molar-refractivity contribution in [1.82, 2.24) is 10.2 Å². The maximum atomic E-state index is 13.3. The molecule has 1 N–H and O–H groups in total. The van der Waals surface area contributed by atoms with E-state index in [1.165, 1.54) is 23.9 Å². The summed E-state index contributed by atoms with van der Waals surface area (Å²) in [5, 5.41) is 14.0. The van der Waals surface area contributed by atoms with Crippen LogP contribution in [0.3, 0.4) is 0 Å². The molecule has 8 heteroatoms. The Morgan fingerprint density at radius 2 is 1.71 bits per heavy atom. The fourth-order valence-electron chi connectivity index (χ4n) is 4.23. The standard InChI is InChI=1S/C26H33N3O4S/c1-3-24(26(31)27-22-6-4-5-7-22)28(16-20-10-8-19(2)9-11-20)25(30)18-34-17-21-12-14-23(15-13-21)29(32)33/h8-15,22,24H,3-7,16-18H2,1-2H3,(H,27,31). The molecule has 3 rings (SSSR count). The maximum absolute atomic E-state index is 13.3. The van der Waals surface area contributed by atoms with Crippen molar-refractivity contribution in [3.05, 3.63) is 75.3 Å². The molecule has 0 heterocycles. The molecule has 0 saturated heterocycles. The number of nitro groups is 1. The summed E-state index contributed by atoms with van der Waals surface area (Å²) in [6.45, 7) is 4.34. The van der Waals surface area contributed by atoms with Crippen molar-refractivity contribution in [2.24, 2.45) is 0 Å². The minimum Gasteiger partial charge on any atom is -0.352 e. The third kappa shape index (κ3) is 7.32. The Kier molecular flexibility index (Phi) is 9.51. The van der Waals surface area contributed by atoms with Crippen LogP contribution in [-0.4, -0.2) is 39.5 Å². The van der Waals surface area contributed by atoms with E-state index in [9.17, 15) is 19.7 Å². The molecule has 0 aliphatic heterocycles. The number of rotatable bonds is 11. The van der Waals surface area contributed by atoms with E-state index in [0.29, 0.717) is 18.7 Å². The molecule has 182 valence electrons. The van der Waals surface area contributed by atoms with Crippen LogP contribution in [0.5, 0.6) is 0 Å². The summed E-state index contributed by atoms with van der Waals surface area (Å²) in [7, 11) is 0. The highest BCUT2D eigenvalue weighted by Crippen LogP contribution is 2.21. The van der Waals surface area contributed by atoms with Crippen molar-refractivity contribution < 1.29 is 14.5 Å². The van der Waals surface area contributed by atoms with Crippen molar-refractivity contribution in [2.75, 3.05) is 5.75 Å². The van der Waals surface area contributed by atoms with Crippen LogP contribution in [0.1, 0.15) is 55.7 Å². The molecule has 1 aliphatic rings. The predicted molar refractivity (Wildman–Crippen MR) is 135 cm³/mol. The van der Waals surface area contributed by atoms with Gasteiger partial charge in [0.25, 0.3) is 5.69 Å². The van der Waals surface area contributed by atoms with Crippen LogP contribution < -0.4 is 5.32 Å². The number of non-ortho nitro benzene ring substituents is 1. The van der Waals surface area contributed by atoms with Gasteiger partial charge in [0, 0.05) is 30.5 Å². The number of carbonyl (C=O) groups excluding carboxylic acids is 2. The summed E-state index contributed by atoms with van der Waals surface area (Å²) in [5.74, 6) is 0.639. The molecule has 1 aliphatic carbocycles. The van der Waals surface area contributed by atoms with Crippen LogP contribution in [0, 0.1) is 17.0 Å². The highest BCUT2D eigenvalue weighted by Gasteiger charge is 2.30. The van der Waals surface area contributed by atoms with Gasteiger partial charge in [-0.05, 0) is 37.3 Å². The smallest absolute Gasteiger partial charge is 0.269 e. The maximum Gasteiger partial charge on any atom is 0.269 e. The highest BCUT2D eigenvalue weighted by molar-refractivity contribution is 7.99. The molecule has 2 aromatic carbocycles. The Hall–Kier alpha value is -2.87. The summed E-state index contributed by atoms with van der Waals surface area (Å²) in [6.07, 6.45) is 4.81. The lowest BCUT2D eigenvalue weighted by Gasteiger charge is -2.31. The quantitative estimate of drug-likeness (QED) is 0.359. The molecule has 1 saturated carbocycles. The molecule has 0 aromatic heterocycles. The first-order valence-corrected chi connectivity index (χ1v) is 13.0. The Bertz CT molecular complexity index is 973. The Morgan fingerprint density at radius 3 is 2.29 bits per heavy atom. The van der Waals surface area contributed by atoms with Crippen LogP contribution >= 0.6 is 11.8 Å². The number of nitrogens with zero attached hydrogens (tertiary/aromatic N) is 2. The van der Waals surface area contributed by atoms with Gasteiger partial charge in [-0.3, -0.25) is 19.7 Å². The number of aryl methyl sites for hydroxylation is 1. The van der Waals surface area contributed by atoms with Crippen molar-refractivity contribution in [3.63, 3.8) is 0 Å². The van der Waals surface area contributed by atoms with E-state index in [2.05, 4.69) is 5.32 Å². The van der Waals surface area contributed by atoms with E-state index >= 15 is 0 Å². The van der Waals surface area contributed by atoms with Crippen LogP contribution in [0.15, 0.2) is 48.5 Å². The van der Waals surface area contributed by atoms with Gasteiger partial charge in [-0.2, -0.15) is 0 Å². The summed E-state index contributed by atoms with van der Waals surface area (Å²) < 4.78 is 0. The van der Waals surface area contributed by atoms with Crippen molar-refractivity contribution in [1.29, 1.82) is 0 Å². The normalized spacial score (nSPS) is 14.5. The van der Waals surface area contributed by atoms with Gasteiger partial charge in [0.1, 0.15) is 6.04 Å². The minimum atomic E-state index is -0.519. The Labute approximate surface area is 205 Å². The number of nitrogens with one attached hydrogen (secondary N) is 1. The third-order valence-electron chi connectivity index (χ3n) is 6.20. The van der Waals surface area contributed by atoms with Gasteiger partial charge in [-0.15, -0.1) is 11.8 Å². The van der Waals surface area contributed by atoms with Crippen LogP contribution in [0.2, 0.25) is 0 Å². The molecule has 1 unspecified atom stereocenters. The van der Waals surface area contributed by atoms with E-state index in [0.717, 1.165) is 42.4 Å². The van der Waals surface area contributed by atoms with Crippen molar-refractivity contribution >= 4 is 29.3 Å². The molecule has 0 spiro atoms. The molecular formula is C26H33N3O4S. The number of thioether (sulfide) groups is 1. The predicted octanol–water partition coefficient (Wildman–Crippen LogP) is 5.00. The number of hydrogen-bond donors (Lipinski definition) is 1. The zero-order valence-electron chi connectivity index (χ0n) is 19.9. The summed E-state index contributed by atoms with van der Waals surface area (Å²) in [5.41, 5.74) is 3.10. The van der Waals surface area contributed by atoms with E-state index in [-0.39, 0.29) is 29.3 Å². The molecule has 1 atom stereocenters. The average Bonchev–Trinajstić information content (AvgIpc) is 3.33. The lowest BCUT2D eigenvalue weighted by molar-refractivity contribution is -0.384. The second-order valence-electron chi connectivity index (χ2n) is 8.84. The topological polar surface area (TPSA) is 92.6 Å². The second kappa shape index (κ2) is 12.6. The second-order valence-corrected chi connectivity index (χ2v) is 9.82. The molecule has 1 fully saturated rings. The van der Waals surface area contributed by atoms with Crippen LogP contribution in [0.25, 0.3) is 0 Å². The zero-order valence-corrected chi connectivity index (χ0v) is 20.7. The van der Waals surface area contributed by atoms with Gasteiger partial charge >= 0.3 is 0 Å². The molecule has 2 aromatic rings. The lowest BCUT2D eigenvalue weighted by Crippen LogP contribution is -2.51. The summed E-state index contributed by atoms with van der Waals surface area (Å²) in [6, 6.07) is 14.1. The van der Waals surface area contributed by atoms with Crippen molar-refractivity contribution in [3.8, 4) is 0 Å². The van der Waals surface area contributed by atoms with Gasteiger partial charge < -0.3 is 10.2 Å². The first-order valence-electron chi connectivity index (χ1n) is 11.8. The fraction of sp³-hybridized carbons (Fsp3) is 0.462. The molecule has 0 radical (unpaired) electrons. The van der Waals surface area contributed by atoms with Crippen LogP contribution in [0.4, 0.5) is 5.69 Å². The zero-order chi connectivity index (χ0) is 24.5. The van der Waals surface area contributed by atoms with E-state index in [1.54, 1.807) is 17.0 Å². The number of nitro benzene ring substituents is 1. The van der Waals surface area contributed by atoms with Gasteiger partial charge in [0.2, 0.25) is 11.8 Å². The van der Waals surface area contributed by atoms with Gasteiger partial charge in [0.05, 0.1) is 10.7 Å². The van der Waals surface area contributed by atoms with E-state index in [1.807, 2.05) is 38.1 Å². The Balaban J connectivity index is 1.67. The lowest BCUT2D eigenvalue weighted by atomic mass is 10.1. The molecular weight excluding hydrogens is 450 g/mol. The summed E-state index contributed by atoms with van der Waals surface area (Å²) in [4.78, 5) is 38.6. The largest absolute Gasteiger partial charge is 0.352 e. The average molecular weight is 484 g/mol. The van der Waals surface area contributed by atoms with E-state index < -0.39 is 11.0 Å². The SMILES string of the molecule is CCC(C(=O)NC1CCCC1)N(Cc1ccc(C)cc1)C(=O)CSCc1ccc([N+](=O)[O-])cc1. The molecule has 2 amide bonds. The first-order chi connectivity index (χ1) is 16.4. The number of amides is 2. The highest BCUT2D eigenvalue weighted by atomic mass is 32.2. The van der Waals surface area contributed by atoms with Crippen molar-refractivity contribution in [2.45, 2.75) is 70.3 Å². The van der Waals surface area contributed by atoms with Gasteiger partial charge in [0.15, 0.2) is 0 Å². The summed E-state index contributed by atoms with van der Waals surface area (Å²) >= 11 is 1.45. The monoisotopic (exact) mass is 483 g/mol. The number of benzene rings is 2. The third-order valence-corrected chi connectivity index (χ3v) is 7.19. The van der Waals surface area contributed by atoms with Gasteiger partial charge in [-0.1, -0.05) is 61.7 Å².